The number of likely N-dealkylation sites (N-methyl/N-ethyl adjacent to an activating group) is 1. The molecule has 0 spiro atoms. The molecule has 2 atom stereocenters. The van der Waals surface area contributed by atoms with Crippen molar-refractivity contribution in [2.75, 3.05) is 25.0 Å². The van der Waals surface area contributed by atoms with Crippen LogP contribution >= 0.6 is 0 Å². The van der Waals surface area contributed by atoms with Crippen molar-refractivity contribution in [3.05, 3.63) is 65.2 Å². The van der Waals surface area contributed by atoms with E-state index in [9.17, 15) is 14.7 Å². The third-order valence-electron chi connectivity index (χ3n) is 4.93. The van der Waals surface area contributed by atoms with E-state index in [1.165, 1.54) is 11.3 Å². The van der Waals surface area contributed by atoms with Crippen LogP contribution in [-0.2, 0) is 16.0 Å². The highest BCUT2D eigenvalue weighted by molar-refractivity contribution is 6.35. The Morgan fingerprint density at radius 3 is 2.59 bits per heavy atom. The standard InChI is InChI=1S/C21H25N3O3/c1-14(15-6-4-3-5-7-15)23-21(27)20(26)22-13-19(25)17-8-9-18-16(12-17)10-11-24(18)2/h3-9,12,14,19,25H,10-11,13H2,1-2H3,(H,22,26)(H,23,27)/t14-,19-/m1/s1. The van der Waals surface area contributed by atoms with Crippen molar-refractivity contribution in [1.29, 1.82) is 0 Å². The van der Waals surface area contributed by atoms with Crippen molar-refractivity contribution < 1.29 is 14.7 Å². The van der Waals surface area contributed by atoms with Crippen LogP contribution in [0.1, 0.15) is 35.8 Å². The lowest BCUT2D eigenvalue weighted by atomic mass is 10.0. The highest BCUT2D eigenvalue weighted by Crippen LogP contribution is 2.29. The largest absolute Gasteiger partial charge is 0.387 e. The van der Waals surface area contributed by atoms with Gasteiger partial charge in [-0.25, -0.2) is 0 Å². The molecule has 0 bridgehead atoms. The molecule has 0 saturated carbocycles. The first kappa shape index (κ1) is 18.9. The Hall–Kier alpha value is -2.86. The van der Waals surface area contributed by atoms with Gasteiger partial charge in [0.1, 0.15) is 0 Å². The van der Waals surface area contributed by atoms with Gasteiger partial charge in [-0.05, 0) is 36.1 Å². The smallest absolute Gasteiger partial charge is 0.309 e. The normalized spacial score (nSPS) is 15.0. The van der Waals surface area contributed by atoms with E-state index in [1.54, 1.807) is 0 Å². The van der Waals surface area contributed by atoms with Crippen molar-refractivity contribution in [3.8, 4) is 0 Å². The topological polar surface area (TPSA) is 81.7 Å². The van der Waals surface area contributed by atoms with Gasteiger partial charge in [0, 0.05) is 25.8 Å². The maximum atomic E-state index is 12.1. The van der Waals surface area contributed by atoms with Crippen LogP contribution in [0.5, 0.6) is 0 Å². The molecule has 1 aliphatic heterocycles. The molecule has 6 nitrogen and oxygen atoms in total. The SMILES string of the molecule is C[C@@H](NC(=O)C(=O)NC[C@@H](O)c1ccc2c(c1)CCN2C)c1ccccc1. The Kier molecular flexibility index (Phi) is 5.76. The lowest BCUT2D eigenvalue weighted by molar-refractivity contribution is -0.139. The summed E-state index contributed by atoms with van der Waals surface area (Å²) < 4.78 is 0. The van der Waals surface area contributed by atoms with Crippen LogP contribution in [0.2, 0.25) is 0 Å². The van der Waals surface area contributed by atoms with Gasteiger partial charge in [0.05, 0.1) is 12.1 Å². The van der Waals surface area contributed by atoms with E-state index >= 15 is 0 Å². The number of aliphatic hydroxyl groups is 1. The number of nitrogens with one attached hydrogen (secondary N) is 2. The van der Waals surface area contributed by atoms with E-state index in [-0.39, 0.29) is 12.6 Å². The number of benzene rings is 2. The highest BCUT2D eigenvalue weighted by atomic mass is 16.3. The number of anilines is 1. The molecular formula is C21H25N3O3. The van der Waals surface area contributed by atoms with Gasteiger partial charge in [-0.15, -0.1) is 0 Å². The fourth-order valence-corrected chi connectivity index (χ4v) is 3.27. The third kappa shape index (κ3) is 4.46. The molecule has 0 fully saturated rings. The number of hydrogen-bond acceptors (Lipinski definition) is 4. The van der Waals surface area contributed by atoms with E-state index in [4.69, 9.17) is 0 Å². The van der Waals surface area contributed by atoms with Crippen LogP contribution in [0.15, 0.2) is 48.5 Å². The van der Waals surface area contributed by atoms with Gasteiger partial charge in [0.15, 0.2) is 0 Å². The molecule has 0 aromatic heterocycles. The molecule has 0 unspecified atom stereocenters. The second kappa shape index (κ2) is 8.22. The van der Waals surface area contributed by atoms with Crippen LogP contribution in [0.3, 0.4) is 0 Å². The molecule has 3 rings (SSSR count). The Morgan fingerprint density at radius 1 is 1.11 bits per heavy atom. The van der Waals surface area contributed by atoms with Gasteiger partial charge in [0.25, 0.3) is 0 Å². The Labute approximate surface area is 159 Å². The number of amides is 2. The van der Waals surface area contributed by atoms with E-state index in [0.717, 1.165) is 24.1 Å². The van der Waals surface area contributed by atoms with Gasteiger partial charge < -0.3 is 20.6 Å². The fourth-order valence-electron chi connectivity index (χ4n) is 3.27. The van der Waals surface area contributed by atoms with Crippen LogP contribution in [0.4, 0.5) is 5.69 Å². The summed E-state index contributed by atoms with van der Waals surface area (Å²) in [6, 6.07) is 15.0. The summed E-state index contributed by atoms with van der Waals surface area (Å²) in [5.41, 5.74) is 4.02. The first-order valence-electron chi connectivity index (χ1n) is 9.11. The minimum atomic E-state index is -0.857. The minimum absolute atomic E-state index is 0.0133. The maximum absolute atomic E-state index is 12.1. The third-order valence-corrected chi connectivity index (χ3v) is 4.93. The molecule has 142 valence electrons. The lowest BCUT2D eigenvalue weighted by Gasteiger charge is -2.16. The van der Waals surface area contributed by atoms with Crippen molar-refractivity contribution in [3.63, 3.8) is 0 Å². The Balaban J connectivity index is 1.52. The quantitative estimate of drug-likeness (QED) is 0.703. The van der Waals surface area contributed by atoms with Gasteiger partial charge in [-0.3, -0.25) is 9.59 Å². The molecule has 0 saturated heterocycles. The Morgan fingerprint density at radius 2 is 1.85 bits per heavy atom. The predicted octanol–water partition coefficient (Wildman–Crippen LogP) is 1.71. The van der Waals surface area contributed by atoms with Crippen LogP contribution in [0.25, 0.3) is 0 Å². The van der Waals surface area contributed by atoms with Gasteiger partial charge in [0.2, 0.25) is 0 Å². The molecule has 2 amide bonds. The second-order valence-corrected chi connectivity index (χ2v) is 6.89. The van der Waals surface area contributed by atoms with E-state index in [0.29, 0.717) is 0 Å². The maximum Gasteiger partial charge on any atom is 0.309 e. The average Bonchev–Trinajstić information content (AvgIpc) is 3.06. The number of aliphatic hydroxyl groups excluding tert-OH is 1. The summed E-state index contributed by atoms with van der Waals surface area (Å²) in [7, 11) is 2.04. The number of rotatable bonds is 5. The summed E-state index contributed by atoms with van der Waals surface area (Å²) in [5.74, 6) is -1.47. The minimum Gasteiger partial charge on any atom is -0.387 e. The highest BCUT2D eigenvalue weighted by Gasteiger charge is 2.20. The zero-order valence-electron chi connectivity index (χ0n) is 15.6. The van der Waals surface area contributed by atoms with E-state index < -0.39 is 17.9 Å². The molecule has 1 heterocycles. The lowest BCUT2D eigenvalue weighted by Crippen LogP contribution is -2.42. The average molecular weight is 367 g/mol. The number of fused-ring (bicyclic) bond motifs is 1. The zero-order chi connectivity index (χ0) is 19.4. The zero-order valence-corrected chi connectivity index (χ0v) is 15.6. The fraction of sp³-hybridized carbons (Fsp3) is 0.333. The molecule has 2 aromatic carbocycles. The summed E-state index contributed by atoms with van der Waals surface area (Å²) in [6.45, 7) is 2.77. The predicted molar refractivity (Wildman–Crippen MR) is 104 cm³/mol. The van der Waals surface area contributed by atoms with Crippen molar-refractivity contribution >= 4 is 17.5 Å². The summed E-state index contributed by atoms with van der Waals surface area (Å²) in [6.07, 6.45) is 0.0860. The number of carbonyl (C=O) groups excluding carboxylic acids is 2. The molecule has 0 aliphatic carbocycles. The van der Waals surface area contributed by atoms with Crippen LogP contribution < -0.4 is 15.5 Å². The molecule has 3 N–H and O–H groups in total. The number of carbonyl (C=O) groups is 2. The monoisotopic (exact) mass is 367 g/mol. The molecule has 0 radical (unpaired) electrons. The van der Waals surface area contributed by atoms with Gasteiger partial charge in [-0.1, -0.05) is 42.5 Å². The van der Waals surface area contributed by atoms with Crippen molar-refractivity contribution in [2.24, 2.45) is 0 Å². The van der Waals surface area contributed by atoms with Crippen LogP contribution in [0, 0.1) is 0 Å². The first-order valence-corrected chi connectivity index (χ1v) is 9.11. The van der Waals surface area contributed by atoms with Crippen molar-refractivity contribution in [1.82, 2.24) is 10.6 Å². The summed E-state index contributed by atoms with van der Waals surface area (Å²) in [4.78, 5) is 26.3. The Bertz CT molecular complexity index is 823. The molecule has 6 heteroatoms. The van der Waals surface area contributed by atoms with Crippen LogP contribution in [-0.4, -0.2) is 37.1 Å². The molecular weight excluding hydrogens is 342 g/mol. The first-order chi connectivity index (χ1) is 13.0. The summed E-state index contributed by atoms with van der Waals surface area (Å²) >= 11 is 0. The molecule has 27 heavy (non-hydrogen) atoms. The van der Waals surface area contributed by atoms with E-state index in [2.05, 4.69) is 15.5 Å². The van der Waals surface area contributed by atoms with Gasteiger partial charge in [-0.2, -0.15) is 0 Å². The van der Waals surface area contributed by atoms with Crippen molar-refractivity contribution in [2.45, 2.75) is 25.5 Å². The van der Waals surface area contributed by atoms with E-state index in [1.807, 2.05) is 62.5 Å². The summed E-state index contributed by atoms with van der Waals surface area (Å²) in [5, 5.41) is 15.5. The number of nitrogens with zero attached hydrogens (tertiary/aromatic N) is 1. The second-order valence-electron chi connectivity index (χ2n) is 6.89. The molecule has 2 aromatic rings. The number of hydrogen-bond donors (Lipinski definition) is 3. The van der Waals surface area contributed by atoms with Gasteiger partial charge >= 0.3 is 11.8 Å². The molecule has 1 aliphatic rings.